The first-order valence-electron chi connectivity index (χ1n) is 5.12. The fraction of sp³-hybridized carbons (Fsp3) is 0.417. The minimum absolute atomic E-state index is 0.0391. The molecule has 0 saturated heterocycles. The number of hydrogen-bond donors (Lipinski definition) is 1. The lowest BCUT2D eigenvalue weighted by molar-refractivity contribution is 0.0980. The normalized spacial score (nSPS) is 10.2. The van der Waals surface area contributed by atoms with Crippen molar-refractivity contribution in [2.75, 3.05) is 20.8 Å². The Kier molecular flexibility index (Phi) is 4.95. The summed E-state index contributed by atoms with van der Waals surface area (Å²) >= 11 is 0. The molecule has 0 atom stereocenters. The van der Waals surface area contributed by atoms with E-state index in [1.165, 1.54) is 0 Å². The van der Waals surface area contributed by atoms with Crippen LogP contribution in [-0.4, -0.2) is 26.5 Å². The number of carbonyl (C=O) groups is 1. The van der Waals surface area contributed by atoms with Crippen molar-refractivity contribution in [1.82, 2.24) is 0 Å². The summed E-state index contributed by atoms with van der Waals surface area (Å²) in [7, 11) is 3.18. The van der Waals surface area contributed by atoms with Crippen molar-refractivity contribution >= 4 is 5.78 Å². The van der Waals surface area contributed by atoms with Crippen LogP contribution < -0.4 is 10.5 Å². The van der Waals surface area contributed by atoms with Crippen molar-refractivity contribution in [2.24, 2.45) is 5.73 Å². The van der Waals surface area contributed by atoms with E-state index in [1.54, 1.807) is 26.4 Å². The summed E-state index contributed by atoms with van der Waals surface area (Å²) in [6.07, 6.45) is 0.350. The van der Waals surface area contributed by atoms with Crippen LogP contribution >= 0.6 is 0 Å². The summed E-state index contributed by atoms with van der Waals surface area (Å²) in [4.78, 5) is 11.8. The van der Waals surface area contributed by atoms with Gasteiger partial charge in [-0.25, -0.2) is 0 Å². The molecule has 0 saturated carbocycles. The van der Waals surface area contributed by atoms with Gasteiger partial charge in [0.05, 0.1) is 13.7 Å². The second-order valence-corrected chi connectivity index (χ2v) is 3.42. The van der Waals surface area contributed by atoms with E-state index in [9.17, 15) is 4.79 Å². The number of carbonyl (C=O) groups excluding carboxylic acids is 1. The van der Waals surface area contributed by atoms with Crippen molar-refractivity contribution in [3.8, 4) is 5.75 Å². The average molecular weight is 223 g/mol. The van der Waals surface area contributed by atoms with Gasteiger partial charge in [-0.1, -0.05) is 0 Å². The van der Waals surface area contributed by atoms with Crippen LogP contribution in [0.25, 0.3) is 0 Å². The van der Waals surface area contributed by atoms with Crippen LogP contribution in [0.15, 0.2) is 18.2 Å². The van der Waals surface area contributed by atoms with Crippen molar-refractivity contribution in [1.29, 1.82) is 0 Å². The van der Waals surface area contributed by atoms with E-state index in [2.05, 4.69) is 0 Å². The van der Waals surface area contributed by atoms with E-state index in [-0.39, 0.29) is 5.78 Å². The Morgan fingerprint density at radius 1 is 1.38 bits per heavy atom. The molecule has 0 bridgehead atoms. The molecule has 16 heavy (non-hydrogen) atoms. The SMILES string of the molecule is COCc1cc(OC)ccc1C(=O)CCN. The van der Waals surface area contributed by atoms with Crippen molar-refractivity contribution in [3.63, 3.8) is 0 Å². The Labute approximate surface area is 95.3 Å². The Morgan fingerprint density at radius 3 is 2.69 bits per heavy atom. The maximum Gasteiger partial charge on any atom is 0.164 e. The molecule has 4 nitrogen and oxygen atoms in total. The lowest BCUT2D eigenvalue weighted by Gasteiger charge is -2.09. The molecule has 0 fully saturated rings. The van der Waals surface area contributed by atoms with Crippen LogP contribution in [0.4, 0.5) is 0 Å². The first-order valence-corrected chi connectivity index (χ1v) is 5.12. The molecule has 88 valence electrons. The zero-order valence-corrected chi connectivity index (χ0v) is 9.66. The molecular formula is C12H17NO3. The topological polar surface area (TPSA) is 61.5 Å². The standard InChI is InChI=1S/C12H17NO3/c1-15-8-9-7-10(16-2)3-4-11(9)12(14)5-6-13/h3-4,7H,5-6,8,13H2,1-2H3. The minimum Gasteiger partial charge on any atom is -0.497 e. The third kappa shape index (κ3) is 3.05. The molecule has 0 aliphatic rings. The molecule has 0 heterocycles. The third-order valence-electron chi connectivity index (χ3n) is 2.28. The first kappa shape index (κ1) is 12.7. The summed E-state index contributed by atoms with van der Waals surface area (Å²) in [5.41, 5.74) is 6.86. The summed E-state index contributed by atoms with van der Waals surface area (Å²) < 4.78 is 10.2. The number of rotatable bonds is 6. The lowest BCUT2D eigenvalue weighted by Crippen LogP contribution is -2.10. The largest absolute Gasteiger partial charge is 0.497 e. The molecular weight excluding hydrogens is 206 g/mol. The Morgan fingerprint density at radius 2 is 2.12 bits per heavy atom. The second kappa shape index (κ2) is 6.25. The maximum absolute atomic E-state index is 11.8. The number of hydrogen-bond acceptors (Lipinski definition) is 4. The van der Waals surface area contributed by atoms with Gasteiger partial charge in [-0.3, -0.25) is 4.79 Å². The highest BCUT2D eigenvalue weighted by Gasteiger charge is 2.11. The second-order valence-electron chi connectivity index (χ2n) is 3.42. The molecule has 1 aromatic carbocycles. The molecule has 0 aliphatic carbocycles. The van der Waals surface area contributed by atoms with E-state index >= 15 is 0 Å². The zero-order chi connectivity index (χ0) is 12.0. The number of benzene rings is 1. The van der Waals surface area contributed by atoms with Crippen molar-refractivity contribution in [3.05, 3.63) is 29.3 Å². The summed E-state index contributed by atoms with van der Waals surface area (Å²) in [6.45, 7) is 0.750. The molecule has 2 N–H and O–H groups in total. The van der Waals surface area contributed by atoms with Gasteiger partial charge in [-0.2, -0.15) is 0 Å². The quantitative estimate of drug-likeness (QED) is 0.740. The number of ketones is 1. The van der Waals surface area contributed by atoms with Gasteiger partial charge in [0.2, 0.25) is 0 Å². The molecule has 0 spiro atoms. The van der Waals surface area contributed by atoms with Crippen molar-refractivity contribution < 1.29 is 14.3 Å². The van der Waals surface area contributed by atoms with Crippen LogP contribution in [0, 0.1) is 0 Å². The molecule has 1 rings (SSSR count). The predicted octanol–water partition coefficient (Wildman–Crippen LogP) is 1.37. The number of methoxy groups -OCH3 is 2. The summed E-state index contributed by atoms with van der Waals surface area (Å²) in [6, 6.07) is 5.33. The van der Waals surface area contributed by atoms with Gasteiger partial charge in [-0.15, -0.1) is 0 Å². The van der Waals surface area contributed by atoms with Gasteiger partial charge in [0.25, 0.3) is 0 Å². The highest BCUT2D eigenvalue weighted by Crippen LogP contribution is 2.19. The molecule has 0 radical (unpaired) electrons. The van der Waals surface area contributed by atoms with Gasteiger partial charge in [-0.05, 0) is 30.3 Å². The number of ether oxygens (including phenoxy) is 2. The molecule has 0 aromatic heterocycles. The van der Waals surface area contributed by atoms with Gasteiger partial charge >= 0.3 is 0 Å². The molecule has 0 amide bonds. The van der Waals surface area contributed by atoms with Gasteiger partial charge in [0.1, 0.15) is 5.75 Å². The van der Waals surface area contributed by atoms with Crippen LogP contribution in [0.3, 0.4) is 0 Å². The smallest absolute Gasteiger partial charge is 0.164 e. The first-order chi connectivity index (χ1) is 7.72. The number of Topliss-reactive ketones (excluding diaryl/α,β-unsaturated/α-hetero) is 1. The fourth-order valence-corrected chi connectivity index (χ4v) is 1.51. The van der Waals surface area contributed by atoms with E-state index in [0.717, 1.165) is 11.3 Å². The van der Waals surface area contributed by atoms with Gasteiger partial charge in [0.15, 0.2) is 5.78 Å². The maximum atomic E-state index is 11.8. The minimum atomic E-state index is 0.0391. The molecule has 0 aliphatic heterocycles. The van der Waals surface area contributed by atoms with Crippen LogP contribution in [0.1, 0.15) is 22.3 Å². The molecule has 0 unspecified atom stereocenters. The van der Waals surface area contributed by atoms with Crippen molar-refractivity contribution in [2.45, 2.75) is 13.0 Å². The predicted molar refractivity (Wildman–Crippen MR) is 61.7 cm³/mol. The van der Waals surface area contributed by atoms with Crippen LogP contribution in [0.5, 0.6) is 5.75 Å². The number of nitrogens with two attached hydrogens (primary N) is 1. The van der Waals surface area contributed by atoms with E-state index in [4.69, 9.17) is 15.2 Å². The van der Waals surface area contributed by atoms with E-state index in [1.807, 2.05) is 6.07 Å². The Bertz CT molecular complexity index is 363. The van der Waals surface area contributed by atoms with E-state index < -0.39 is 0 Å². The molecule has 4 heteroatoms. The average Bonchev–Trinajstić information content (AvgIpc) is 2.29. The van der Waals surface area contributed by atoms with Crippen LogP contribution in [-0.2, 0) is 11.3 Å². The van der Waals surface area contributed by atoms with Gasteiger partial charge < -0.3 is 15.2 Å². The van der Waals surface area contributed by atoms with Crippen LogP contribution in [0.2, 0.25) is 0 Å². The third-order valence-corrected chi connectivity index (χ3v) is 2.28. The Hall–Kier alpha value is -1.39. The molecule has 1 aromatic rings. The van der Waals surface area contributed by atoms with Gasteiger partial charge in [0, 0.05) is 19.1 Å². The summed E-state index contributed by atoms with van der Waals surface area (Å²) in [5.74, 6) is 0.758. The van der Waals surface area contributed by atoms with E-state index in [0.29, 0.717) is 25.1 Å². The highest BCUT2D eigenvalue weighted by atomic mass is 16.5. The monoisotopic (exact) mass is 223 g/mol. The summed E-state index contributed by atoms with van der Waals surface area (Å²) in [5, 5.41) is 0. The highest BCUT2D eigenvalue weighted by molar-refractivity contribution is 5.97. The lowest BCUT2D eigenvalue weighted by atomic mass is 10.0. The zero-order valence-electron chi connectivity index (χ0n) is 9.66. The Balaban J connectivity index is 3.01. The fourth-order valence-electron chi connectivity index (χ4n) is 1.51.